The van der Waals surface area contributed by atoms with Crippen LogP contribution in [0.1, 0.15) is 19.3 Å². The molecule has 1 atom stereocenters. The largest absolute Gasteiger partial charge is 0.368 e. The van der Waals surface area contributed by atoms with Crippen LogP contribution in [0.2, 0.25) is 10.0 Å². The molecule has 3 rings (SSSR count). The number of halogens is 2. The summed E-state index contributed by atoms with van der Waals surface area (Å²) in [5.41, 5.74) is 1.02. The number of carbonyl (C=O) groups is 1. The normalized spacial score (nSPS) is 20.7. The Morgan fingerprint density at radius 2 is 2.00 bits per heavy atom. The summed E-state index contributed by atoms with van der Waals surface area (Å²) in [6.07, 6.45) is 9.11. The zero-order chi connectivity index (χ0) is 19.1. The molecule has 0 amide bonds. The number of allylic oxidation sites excluding steroid dienone is 1. The summed E-state index contributed by atoms with van der Waals surface area (Å²) in [7, 11) is 0. The fraction of sp³-hybridized carbons (Fsp3) is 0.450. The lowest BCUT2D eigenvalue weighted by atomic mass is 10.2. The fourth-order valence-electron chi connectivity index (χ4n) is 3.24. The van der Waals surface area contributed by atoms with E-state index >= 15 is 0 Å². The second-order valence-electron chi connectivity index (χ2n) is 6.66. The predicted octanol–water partition coefficient (Wildman–Crippen LogP) is 3.89. The minimum Gasteiger partial charge on any atom is -0.368 e. The molecule has 0 aromatic heterocycles. The van der Waals surface area contributed by atoms with Gasteiger partial charge in [0.1, 0.15) is 0 Å². The lowest BCUT2D eigenvalue weighted by Gasteiger charge is -2.36. The van der Waals surface area contributed by atoms with Crippen molar-refractivity contribution in [2.45, 2.75) is 25.4 Å². The smallest absolute Gasteiger partial charge is 0.202 e. The molecule has 0 saturated carbocycles. The molecule has 0 spiro atoms. The van der Waals surface area contributed by atoms with E-state index in [-0.39, 0.29) is 5.78 Å². The van der Waals surface area contributed by atoms with E-state index in [1.54, 1.807) is 12.3 Å². The maximum atomic E-state index is 11.5. The van der Waals surface area contributed by atoms with Gasteiger partial charge in [-0.2, -0.15) is 0 Å². The van der Waals surface area contributed by atoms with Gasteiger partial charge in [-0.15, -0.1) is 0 Å². The van der Waals surface area contributed by atoms with Gasteiger partial charge in [0.25, 0.3) is 0 Å². The van der Waals surface area contributed by atoms with E-state index in [0.717, 1.165) is 57.7 Å². The van der Waals surface area contributed by atoms with Gasteiger partial charge in [0.15, 0.2) is 0 Å². The molecule has 1 aromatic rings. The Balaban J connectivity index is 1.33. The summed E-state index contributed by atoms with van der Waals surface area (Å²) in [5.74, 6) is -0.0496. The van der Waals surface area contributed by atoms with Gasteiger partial charge in [-0.25, -0.2) is 0 Å². The number of carbonyl (C=O) groups excluding carboxylic acids is 1. The van der Waals surface area contributed by atoms with Gasteiger partial charge in [-0.3, -0.25) is 19.7 Å². The third-order valence-corrected chi connectivity index (χ3v) is 5.59. The van der Waals surface area contributed by atoms with Gasteiger partial charge in [0.05, 0.1) is 15.7 Å². The highest BCUT2D eigenvalue weighted by Gasteiger charge is 2.19. The number of hydrogen-bond donors (Lipinski definition) is 0. The first kappa shape index (κ1) is 20.1. The molecule has 5 nitrogen and oxygen atoms in total. The van der Waals surface area contributed by atoms with E-state index in [9.17, 15) is 4.79 Å². The average Bonchev–Trinajstić information content (AvgIpc) is 2.69. The molecule has 1 fully saturated rings. The van der Waals surface area contributed by atoms with E-state index in [1.165, 1.54) is 6.08 Å². The second-order valence-corrected chi connectivity index (χ2v) is 7.45. The van der Waals surface area contributed by atoms with Gasteiger partial charge in [-0.05, 0) is 50.1 Å². The monoisotopic (exact) mass is 406 g/mol. The van der Waals surface area contributed by atoms with Crippen LogP contribution in [-0.4, -0.2) is 62.0 Å². The second kappa shape index (κ2) is 10.0. The van der Waals surface area contributed by atoms with E-state index in [1.807, 2.05) is 24.4 Å². The van der Waals surface area contributed by atoms with Crippen molar-refractivity contribution < 1.29 is 4.79 Å². The van der Waals surface area contributed by atoms with Crippen molar-refractivity contribution in [1.29, 1.82) is 0 Å². The highest BCUT2D eigenvalue weighted by atomic mass is 35.5. The Labute approximate surface area is 170 Å². The number of rotatable bonds is 7. The lowest BCUT2D eigenvalue weighted by Crippen LogP contribution is -2.46. The first-order chi connectivity index (χ1) is 13.1. The van der Waals surface area contributed by atoms with Gasteiger partial charge in [0.2, 0.25) is 11.9 Å². The summed E-state index contributed by atoms with van der Waals surface area (Å²) < 4.78 is 0. The Morgan fingerprint density at radius 1 is 1.19 bits per heavy atom. The van der Waals surface area contributed by atoms with Crippen LogP contribution >= 0.6 is 23.2 Å². The van der Waals surface area contributed by atoms with Crippen LogP contribution < -0.4 is 4.90 Å². The zero-order valence-corrected chi connectivity index (χ0v) is 16.7. The SMILES string of the molecule is O=C1C=CC=NC1/N=C/CCCCN1CCN(c2cccc(Cl)c2Cl)CC1. The Kier molecular flexibility index (Phi) is 7.44. The predicted molar refractivity (Wildman–Crippen MR) is 114 cm³/mol. The molecule has 0 N–H and O–H groups in total. The van der Waals surface area contributed by atoms with Crippen molar-refractivity contribution in [3.05, 3.63) is 40.4 Å². The van der Waals surface area contributed by atoms with E-state index in [2.05, 4.69) is 19.8 Å². The number of piperazine rings is 1. The summed E-state index contributed by atoms with van der Waals surface area (Å²) >= 11 is 12.4. The molecule has 1 saturated heterocycles. The van der Waals surface area contributed by atoms with E-state index in [4.69, 9.17) is 23.2 Å². The number of anilines is 1. The van der Waals surface area contributed by atoms with Gasteiger partial charge < -0.3 is 4.90 Å². The number of nitrogens with zero attached hydrogens (tertiary/aromatic N) is 4. The van der Waals surface area contributed by atoms with Crippen LogP contribution in [0.4, 0.5) is 5.69 Å². The van der Waals surface area contributed by atoms with Crippen molar-refractivity contribution in [2.75, 3.05) is 37.6 Å². The van der Waals surface area contributed by atoms with Crippen LogP contribution in [-0.2, 0) is 4.79 Å². The van der Waals surface area contributed by atoms with Crippen LogP contribution in [0.5, 0.6) is 0 Å². The summed E-state index contributed by atoms with van der Waals surface area (Å²) in [4.78, 5) is 24.6. The van der Waals surface area contributed by atoms with Crippen LogP contribution in [0.25, 0.3) is 0 Å². The number of hydrogen-bond acceptors (Lipinski definition) is 5. The van der Waals surface area contributed by atoms with Gasteiger partial charge >= 0.3 is 0 Å². The van der Waals surface area contributed by atoms with Crippen LogP contribution in [0, 0.1) is 0 Å². The highest BCUT2D eigenvalue weighted by molar-refractivity contribution is 6.43. The Morgan fingerprint density at radius 3 is 2.78 bits per heavy atom. The standard InChI is InChI=1S/C20H24Cl2N4O/c21-16-6-4-7-17(19(16)22)26-14-12-25(13-15-26)11-3-1-2-9-23-20-18(27)8-5-10-24-20/h4-10,20H,1-3,11-15H2/b23-9+. The molecule has 1 unspecified atom stereocenters. The van der Waals surface area contributed by atoms with Gasteiger partial charge in [0, 0.05) is 38.6 Å². The Bertz CT molecular complexity index is 739. The number of unbranched alkanes of at least 4 members (excludes halogenated alkanes) is 2. The lowest BCUT2D eigenvalue weighted by molar-refractivity contribution is -0.115. The highest BCUT2D eigenvalue weighted by Crippen LogP contribution is 2.32. The summed E-state index contributed by atoms with van der Waals surface area (Å²) in [5, 5.41) is 1.25. The fourth-order valence-corrected chi connectivity index (χ4v) is 3.65. The molecule has 0 bridgehead atoms. The molecule has 2 heterocycles. The number of dihydropyridines is 1. The maximum absolute atomic E-state index is 11.5. The third-order valence-electron chi connectivity index (χ3n) is 4.78. The minimum absolute atomic E-state index is 0.0496. The van der Waals surface area contributed by atoms with Gasteiger partial charge in [-0.1, -0.05) is 29.3 Å². The third kappa shape index (κ3) is 5.64. The first-order valence-corrected chi connectivity index (χ1v) is 10.1. The number of benzene rings is 1. The quantitative estimate of drug-likeness (QED) is 0.509. The molecule has 0 radical (unpaired) electrons. The van der Waals surface area contributed by atoms with Crippen molar-refractivity contribution in [3.8, 4) is 0 Å². The maximum Gasteiger partial charge on any atom is 0.202 e. The van der Waals surface area contributed by atoms with E-state index in [0.29, 0.717) is 10.0 Å². The number of aliphatic imine (C=N–C) groups is 2. The molecule has 144 valence electrons. The summed E-state index contributed by atoms with van der Waals surface area (Å²) in [6.45, 7) is 5.03. The molecule has 2 aliphatic heterocycles. The zero-order valence-electron chi connectivity index (χ0n) is 15.2. The molecule has 2 aliphatic rings. The van der Waals surface area contributed by atoms with Crippen LogP contribution in [0.15, 0.2) is 40.3 Å². The van der Waals surface area contributed by atoms with E-state index < -0.39 is 6.17 Å². The molecule has 7 heteroatoms. The van der Waals surface area contributed by atoms with Crippen molar-refractivity contribution >= 4 is 47.1 Å². The molecule has 0 aliphatic carbocycles. The van der Waals surface area contributed by atoms with Crippen molar-refractivity contribution in [1.82, 2.24) is 4.90 Å². The summed E-state index contributed by atoms with van der Waals surface area (Å²) in [6, 6.07) is 5.79. The molecule has 27 heavy (non-hydrogen) atoms. The Hall–Kier alpha value is -1.69. The molecule has 1 aromatic carbocycles. The minimum atomic E-state index is -0.568. The van der Waals surface area contributed by atoms with Crippen molar-refractivity contribution in [2.24, 2.45) is 9.98 Å². The first-order valence-electron chi connectivity index (χ1n) is 9.32. The molecular formula is C20H24Cl2N4O. The average molecular weight is 407 g/mol. The van der Waals surface area contributed by atoms with Crippen LogP contribution in [0.3, 0.4) is 0 Å². The number of ketones is 1. The molecular weight excluding hydrogens is 383 g/mol. The topological polar surface area (TPSA) is 48.3 Å². The van der Waals surface area contributed by atoms with Crippen molar-refractivity contribution in [3.63, 3.8) is 0 Å².